The number of thiol groups is 4. The predicted molar refractivity (Wildman–Crippen MR) is 523 cm³/mol. The summed E-state index contributed by atoms with van der Waals surface area (Å²) < 4.78 is 0. The normalized spacial score (nSPS) is 12.8. The maximum Gasteiger partial charge on any atom is 0.0226 e. The van der Waals surface area contributed by atoms with E-state index in [2.05, 4.69) is 91.9 Å². The van der Waals surface area contributed by atoms with Crippen LogP contribution in [0.2, 0.25) is 0 Å². The Kier molecular flexibility index (Phi) is 105. The third kappa shape index (κ3) is 97.7. The highest BCUT2D eigenvalue weighted by Crippen LogP contribution is 2.27. The Morgan fingerprint density at radius 3 is 0.519 bits per heavy atom. The van der Waals surface area contributed by atoms with Gasteiger partial charge in [0.25, 0.3) is 0 Å². The molecular formula is C97H196S9. The van der Waals surface area contributed by atoms with Crippen LogP contribution in [0.15, 0.2) is 0 Å². The molecule has 0 radical (unpaired) electrons. The van der Waals surface area contributed by atoms with Crippen molar-refractivity contribution in [2.45, 2.75) is 549 Å². The third-order valence-corrected chi connectivity index (χ3v) is 32.8. The Bertz CT molecular complexity index is 1490. The molecule has 0 aliphatic rings. The van der Waals surface area contributed by atoms with Crippen LogP contribution in [0, 0.1) is 0 Å². The largest absolute Gasteiger partial charge is 0.179 e. The van der Waals surface area contributed by atoms with Crippen molar-refractivity contribution in [3.05, 3.63) is 0 Å². The SMILES string of the molecule is CCCCCCCCCCCCCCCCCCCCCCCCCCCCCCCCCCCCCCCCCCCCCCCCCCCCCCCCCCCCCCCCCCCCCCCCCCCCCCCCCCCC(S)CSCCS[C@@H](CS)CSC[C@@H](CS)SCCSCCS. The zero-order valence-electron chi connectivity index (χ0n) is 72.3. The van der Waals surface area contributed by atoms with Gasteiger partial charge in [-0.3, -0.25) is 0 Å². The smallest absolute Gasteiger partial charge is 0.0226 e. The van der Waals surface area contributed by atoms with Crippen molar-refractivity contribution in [1.29, 1.82) is 0 Å². The Balaban J connectivity index is 3.17. The van der Waals surface area contributed by atoms with Gasteiger partial charge < -0.3 is 0 Å². The van der Waals surface area contributed by atoms with Crippen LogP contribution in [0.25, 0.3) is 0 Å². The molecule has 106 heavy (non-hydrogen) atoms. The summed E-state index contributed by atoms with van der Waals surface area (Å²) in [6.45, 7) is 2.32. The average Bonchev–Trinajstić information content (AvgIpc) is 1.41. The minimum absolute atomic E-state index is 0.564. The molecule has 9 heteroatoms. The standard InChI is InChI=1S/C97H196S9/c1-2-3-4-5-6-7-8-9-10-11-12-13-14-15-16-17-18-19-20-21-22-23-24-25-26-27-28-29-30-31-32-33-34-35-36-37-38-39-40-41-42-43-44-45-46-47-48-49-50-51-52-53-54-55-56-57-58-59-60-61-62-63-64-65-66-67-68-69-70-71-72-73-74-75-76-77-78-79-80-81-82-83-95(101)92-103-87-89-106-97(91-100)94-104-93-96(90-99)105-88-86-102-85-84-98/h95-101H,2-94H2,1H3/t95?,96-,97+/m1/s1. The second-order valence-corrected chi connectivity index (χ2v) is 42.2. The first-order valence-corrected chi connectivity index (χ1v) is 57.1. The number of rotatable bonds is 100. The van der Waals surface area contributed by atoms with E-state index >= 15 is 0 Å². The lowest BCUT2D eigenvalue weighted by molar-refractivity contribution is 0.505. The molecule has 1 unspecified atom stereocenters. The maximum absolute atomic E-state index is 4.94. The second kappa shape index (κ2) is 102. The van der Waals surface area contributed by atoms with Crippen LogP contribution in [-0.2, 0) is 0 Å². The number of unbranched alkanes of at least 4 members (excludes halogenated alkanes) is 80. The van der Waals surface area contributed by atoms with Crippen LogP contribution in [0.3, 0.4) is 0 Å². The molecule has 0 amide bonds. The molecule has 0 N–H and O–H groups in total. The lowest BCUT2D eigenvalue weighted by Crippen LogP contribution is -2.15. The Morgan fingerprint density at radius 2 is 0.349 bits per heavy atom. The molecule has 0 aromatic heterocycles. The van der Waals surface area contributed by atoms with Gasteiger partial charge in [-0.05, 0) is 12.2 Å². The van der Waals surface area contributed by atoms with Gasteiger partial charge in [0, 0.05) is 73.3 Å². The second-order valence-electron chi connectivity index (χ2n) is 34.0. The molecule has 0 spiro atoms. The summed E-state index contributed by atoms with van der Waals surface area (Å²) in [5.74, 6) is 12.7. The summed E-state index contributed by atoms with van der Waals surface area (Å²) in [5.41, 5.74) is 0. The van der Waals surface area contributed by atoms with E-state index in [1.165, 1.54) is 567 Å². The zero-order chi connectivity index (χ0) is 76.0. The summed E-state index contributed by atoms with van der Waals surface area (Å²) in [6.07, 6.45) is 122. The molecule has 0 aliphatic carbocycles. The highest BCUT2D eigenvalue weighted by atomic mass is 32.2. The number of hydrogen-bond donors (Lipinski definition) is 4. The summed E-state index contributed by atoms with van der Waals surface area (Å²) in [6, 6.07) is 0. The monoisotopic (exact) mass is 1650 g/mol. The molecule has 0 heterocycles. The van der Waals surface area contributed by atoms with E-state index in [9.17, 15) is 0 Å². The van der Waals surface area contributed by atoms with Crippen LogP contribution >= 0.6 is 109 Å². The summed E-state index contributed by atoms with van der Waals surface area (Å²) in [5, 5.41) is 1.89. The van der Waals surface area contributed by atoms with Gasteiger partial charge in [0.2, 0.25) is 0 Å². The lowest BCUT2D eigenvalue weighted by Gasteiger charge is -2.17. The first-order chi connectivity index (χ1) is 52.7. The van der Waals surface area contributed by atoms with E-state index < -0.39 is 0 Å². The Morgan fingerprint density at radius 1 is 0.179 bits per heavy atom. The van der Waals surface area contributed by atoms with Crippen LogP contribution in [0.4, 0.5) is 0 Å². The quantitative estimate of drug-likeness (QED) is 0.0353. The van der Waals surface area contributed by atoms with Gasteiger partial charge in [-0.15, -0.1) is 0 Å². The van der Waals surface area contributed by atoms with E-state index in [0.717, 1.165) is 23.0 Å². The molecule has 0 fully saturated rings. The van der Waals surface area contributed by atoms with Crippen molar-refractivity contribution in [1.82, 2.24) is 0 Å². The van der Waals surface area contributed by atoms with Crippen molar-refractivity contribution in [3.8, 4) is 0 Å². The topological polar surface area (TPSA) is 0 Å². The average molecular weight is 1650 g/mol. The van der Waals surface area contributed by atoms with Crippen molar-refractivity contribution in [2.24, 2.45) is 0 Å². The Labute approximate surface area is 715 Å². The molecular weight excluding hydrogens is 1450 g/mol. The maximum atomic E-state index is 4.94. The van der Waals surface area contributed by atoms with Crippen LogP contribution in [0.1, 0.15) is 533 Å². The van der Waals surface area contributed by atoms with Gasteiger partial charge in [0.1, 0.15) is 0 Å². The highest BCUT2D eigenvalue weighted by Gasteiger charge is 2.13. The molecule has 0 bridgehead atoms. The summed E-state index contributed by atoms with van der Waals surface area (Å²) in [4.78, 5) is 0. The molecule has 0 saturated heterocycles. The fourth-order valence-corrected chi connectivity index (χ4v) is 24.0. The summed E-state index contributed by atoms with van der Waals surface area (Å²) >= 11 is 29.0. The fourth-order valence-electron chi connectivity index (χ4n) is 16.1. The molecule has 0 nitrogen and oxygen atoms in total. The molecule has 638 valence electrons. The summed E-state index contributed by atoms with van der Waals surface area (Å²) in [7, 11) is 0. The van der Waals surface area contributed by atoms with Crippen molar-refractivity contribution >= 4 is 109 Å². The minimum atomic E-state index is 0.564. The van der Waals surface area contributed by atoms with E-state index in [-0.39, 0.29) is 0 Å². The highest BCUT2D eigenvalue weighted by molar-refractivity contribution is 8.07. The van der Waals surface area contributed by atoms with Gasteiger partial charge in [-0.25, -0.2) is 0 Å². The van der Waals surface area contributed by atoms with E-state index in [4.69, 9.17) is 12.6 Å². The molecule has 0 aromatic rings. The van der Waals surface area contributed by atoms with E-state index in [1.807, 2.05) is 11.8 Å². The zero-order valence-corrected chi connectivity index (χ0v) is 80.0. The van der Waals surface area contributed by atoms with E-state index in [0.29, 0.717) is 15.7 Å². The van der Waals surface area contributed by atoms with Gasteiger partial charge in [-0.1, -0.05) is 527 Å². The van der Waals surface area contributed by atoms with Gasteiger partial charge in [-0.2, -0.15) is 109 Å². The number of hydrogen-bond acceptors (Lipinski definition) is 9. The molecule has 0 aromatic carbocycles. The van der Waals surface area contributed by atoms with Crippen LogP contribution < -0.4 is 0 Å². The van der Waals surface area contributed by atoms with Gasteiger partial charge in [0.05, 0.1) is 0 Å². The fraction of sp³-hybridized carbons (Fsp3) is 1.00. The molecule has 0 rings (SSSR count). The lowest BCUT2D eigenvalue weighted by atomic mass is 10.0. The van der Waals surface area contributed by atoms with Crippen LogP contribution in [0.5, 0.6) is 0 Å². The first-order valence-electron chi connectivity index (χ1n) is 49.1. The predicted octanol–water partition coefficient (Wildman–Crippen LogP) is 37.5. The Hall–Kier alpha value is 3.15. The van der Waals surface area contributed by atoms with Crippen molar-refractivity contribution in [2.75, 3.05) is 63.3 Å². The molecule has 0 aliphatic heterocycles. The number of thioether (sulfide) groups is 5. The molecule has 0 saturated carbocycles. The van der Waals surface area contributed by atoms with Gasteiger partial charge in [0.15, 0.2) is 0 Å². The molecule has 3 atom stereocenters. The first kappa shape index (κ1) is 109. The van der Waals surface area contributed by atoms with Gasteiger partial charge >= 0.3 is 0 Å². The van der Waals surface area contributed by atoms with E-state index in [1.54, 1.807) is 0 Å². The van der Waals surface area contributed by atoms with Crippen molar-refractivity contribution < 1.29 is 0 Å². The third-order valence-electron chi connectivity index (χ3n) is 23.4. The van der Waals surface area contributed by atoms with Crippen LogP contribution in [-0.4, -0.2) is 79.0 Å². The van der Waals surface area contributed by atoms with Crippen molar-refractivity contribution in [3.63, 3.8) is 0 Å². The minimum Gasteiger partial charge on any atom is -0.179 e.